The van der Waals surface area contributed by atoms with Crippen LogP contribution in [0.3, 0.4) is 0 Å². The number of hydrazone groups is 1. The Kier molecular flexibility index (Phi) is 3.62. The van der Waals surface area contributed by atoms with E-state index < -0.39 is 0 Å². The number of nitrogens with one attached hydrogen (secondary N) is 1. The molecule has 0 aliphatic rings. The van der Waals surface area contributed by atoms with Crippen LogP contribution in [0.15, 0.2) is 41.8 Å². The zero-order chi connectivity index (χ0) is 12.1. The van der Waals surface area contributed by atoms with E-state index in [9.17, 15) is 4.39 Å². The Morgan fingerprint density at radius 3 is 2.76 bits per heavy atom. The van der Waals surface area contributed by atoms with Crippen molar-refractivity contribution in [1.29, 1.82) is 0 Å². The van der Waals surface area contributed by atoms with Crippen molar-refractivity contribution < 1.29 is 4.39 Å². The molecule has 0 aliphatic heterocycles. The quantitative estimate of drug-likeness (QED) is 0.673. The van der Waals surface area contributed by atoms with Crippen molar-refractivity contribution in [2.45, 2.75) is 0 Å². The van der Waals surface area contributed by atoms with Crippen LogP contribution in [-0.4, -0.2) is 16.2 Å². The van der Waals surface area contributed by atoms with Gasteiger partial charge in [0, 0.05) is 18.0 Å². The Morgan fingerprint density at radius 2 is 2.00 bits per heavy atom. The third kappa shape index (κ3) is 2.98. The van der Waals surface area contributed by atoms with Gasteiger partial charge in [-0.1, -0.05) is 29.8 Å². The molecule has 1 N–H and O–H groups in total. The maximum Gasteiger partial charge on any atom is 0.184 e. The highest BCUT2D eigenvalue weighted by molar-refractivity contribution is 6.31. The molecular formula is C11H8ClFN4. The first kappa shape index (κ1) is 11.5. The molecule has 1 heterocycles. The lowest BCUT2D eigenvalue weighted by atomic mass is 10.2. The van der Waals surface area contributed by atoms with E-state index in [0.29, 0.717) is 11.4 Å². The van der Waals surface area contributed by atoms with Gasteiger partial charge in [0.1, 0.15) is 5.82 Å². The molecule has 4 nitrogen and oxygen atoms in total. The first-order chi connectivity index (χ1) is 8.27. The van der Waals surface area contributed by atoms with Crippen LogP contribution >= 0.6 is 11.6 Å². The molecular weight excluding hydrogens is 243 g/mol. The molecule has 2 rings (SSSR count). The lowest BCUT2D eigenvalue weighted by Crippen LogP contribution is -1.96. The monoisotopic (exact) mass is 250 g/mol. The molecule has 1 aromatic carbocycles. The van der Waals surface area contributed by atoms with Gasteiger partial charge in [0.15, 0.2) is 11.0 Å². The normalized spacial score (nSPS) is 10.7. The molecule has 0 saturated carbocycles. The van der Waals surface area contributed by atoms with Crippen molar-refractivity contribution in [1.82, 2.24) is 9.97 Å². The van der Waals surface area contributed by atoms with E-state index in [4.69, 9.17) is 11.6 Å². The molecule has 0 unspecified atom stereocenters. The molecule has 0 atom stereocenters. The summed E-state index contributed by atoms with van der Waals surface area (Å²) < 4.78 is 13.2. The average molecular weight is 251 g/mol. The van der Waals surface area contributed by atoms with Crippen LogP contribution in [0.4, 0.5) is 10.2 Å². The van der Waals surface area contributed by atoms with E-state index in [2.05, 4.69) is 20.5 Å². The van der Waals surface area contributed by atoms with E-state index in [1.807, 2.05) is 0 Å². The van der Waals surface area contributed by atoms with Crippen LogP contribution < -0.4 is 5.43 Å². The number of aromatic nitrogens is 2. The third-order valence-corrected chi connectivity index (χ3v) is 2.21. The summed E-state index contributed by atoms with van der Waals surface area (Å²) in [7, 11) is 0. The van der Waals surface area contributed by atoms with E-state index in [0.717, 1.165) is 0 Å². The van der Waals surface area contributed by atoms with Crippen LogP contribution in [-0.2, 0) is 0 Å². The van der Waals surface area contributed by atoms with Gasteiger partial charge in [-0.25, -0.2) is 14.4 Å². The Balaban J connectivity index is 2.09. The molecule has 0 amide bonds. The number of hydrogen-bond donors (Lipinski definition) is 1. The Morgan fingerprint density at radius 1 is 1.24 bits per heavy atom. The zero-order valence-electron chi connectivity index (χ0n) is 8.64. The zero-order valence-corrected chi connectivity index (χ0v) is 9.39. The average Bonchev–Trinajstić information content (AvgIpc) is 2.34. The summed E-state index contributed by atoms with van der Waals surface area (Å²) in [4.78, 5) is 7.73. The Hall–Kier alpha value is -2.01. The largest absolute Gasteiger partial charge is 0.259 e. The molecule has 0 bridgehead atoms. The first-order valence-electron chi connectivity index (χ1n) is 4.77. The number of anilines is 1. The van der Waals surface area contributed by atoms with Gasteiger partial charge in [-0.2, -0.15) is 5.10 Å². The molecule has 0 aliphatic carbocycles. The molecule has 6 heteroatoms. The second-order valence-corrected chi connectivity index (χ2v) is 3.45. The van der Waals surface area contributed by atoms with Crippen molar-refractivity contribution >= 4 is 23.6 Å². The molecule has 86 valence electrons. The summed E-state index contributed by atoms with van der Waals surface area (Å²) in [5.74, 6) is -0.0231. The van der Waals surface area contributed by atoms with Gasteiger partial charge in [0.05, 0.1) is 6.21 Å². The maximum atomic E-state index is 13.2. The van der Waals surface area contributed by atoms with Crippen LogP contribution in [0.1, 0.15) is 5.56 Å². The minimum atomic E-state index is -0.344. The third-order valence-electron chi connectivity index (χ3n) is 1.93. The highest BCUT2D eigenvalue weighted by Crippen LogP contribution is 2.13. The Bertz CT molecular complexity index is 544. The van der Waals surface area contributed by atoms with Crippen molar-refractivity contribution in [3.63, 3.8) is 0 Å². The Labute approximate surface area is 102 Å². The molecule has 0 saturated heterocycles. The SMILES string of the molecule is Fc1ccccc1/C=N\Nc1nccnc1Cl. The minimum Gasteiger partial charge on any atom is -0.259 e. The number of halogens is 2. The lowest BCUT2D eigenvalue weighted by molar-refractivity contribution is 0.626. The second kappa shape index (κ2) is 5.36. The van der Waals surface area contributed by atoms with Gasteiger partial charge in [0.2, 0.25) is 0 Å². The van der Waals surface area contributed by atoms with Crippen molar-refractivity contribution in [3.05, 3.63) is 53.2 Å². The van der Waals surface area contributed by atoms with Gasteiger partial charge in [-0.05, 0) is 6.07 Å². The second-order valence-electron chi connectivity index (χ2n) is 3.09. The fraction of sp³-hybridized carbons (Fsp3) is 0. The first-order valence-corrected chi connectivity index (χ1v) is 5.15. The van der Waals surface area contributed by atoms with Gasteiger partial charge in [-0.15, -0.1) is 0 Å². The van der Waals surface area contributed by atoms with Gasteiger partial charge >= 0.3 is 0 Å². The van der Waals surface area contributed by atoms with E-state index in [1.165, 1.54) is 24.7 Å². The molecule has 1 aromatic heterocycles. The summed E-state index contributed by atoms with van der Waals surface area (Å²) >= 11 is 5.75. The van der Waals surface area contributed by atoms with Crippen molar-refractivity contribution in [3.8, 4) is 0 Å². The summed E-state index contributed by atoms with van der Waals surface area (Å²) in [6.45, 7) is 0. The summed E-state index contributed by atoms with van der Waals surface area (Å²) in [5.41, 5.74) is 2.96. The predicted molar refractivity (Wildman–Crippen MR) is 64.7 cm³/mol. The predicted octanol–water partition coefficient (Wildman–Crippen LogP) is 2.72. The number of hydrogen-bond acceptors (Lipinski definition) is 4. The summed E-state index contributed by atoms with van der Waals surface area (Å²) in [6, 6.07) is 6.30. The van der Waals surface area contributed by atoms with Crippen LogP contribution in [0.25, 0.3) is 0 Å². The van der Waals surface area contributed by atoms with Crippen molar-refractivity contribution in [2.24, 2.45) is 5.10 Å². The topological polar surface area (TPSA) is 50.2 Å². The van der Waals surface area contributed by atoms with Crippen molar-refractivity contribution in [2.75, 3.05) is 5.43 Å². The van der Waals surface area contributed by atoms with Crippen LogP contribution in [0, 0.1) is 5.82 Å². The standard InChI is InChI=1S/C11H8ClFN4/c12-10-11(15-6-5-14-10)17-16-7-8-3-1-2-4-9(8)13/h1-7H,(H,15,17)/b16-7-. The molecule has 0 radical (unpaired) electrons. The fourth-order valence-electron chi connectivity index (χ4n) is 1.14. The smallest absolute Gasteiger partial charge is 0.184 e. The number of benzene rings is 1. The lowest BCUT2D eigenvalue weighted by Gasteiger charge is -2.00. The summed E-state index contributed by atoms with van der Waals surface area (Å²) in [6.07, 6.45) is 4.29. The summed E-state index contributed by atoms with van der Waals surface area (Å²) in [5, 5.41) is 4.04. The van der Waals surface area contributed by atoms with Crippen LogP contribution in [0.2, 0.25) is 5.15 Å². The minimum absolute atomic E-state index is 0.207. The number of nitrogens with zero attached hydrogens (tertiary/aromatic N) is 3. The highest BCUT2D eigenvalue weighted by Gasteiger charge is 1.99. The molecule has 0 fully saturated rings. The van der Waals surface area contributed by atoms with E-state index >= 15 is 0 Å². The van der Waals surface area contributed by atoms with Gasteiger partial charge < -0.3 is 0 Å². The fourth-order valence-corrected chi connectivity index (χ4v) is 1.29. The number of rotatable bonds is 3. The molecule has 17 heavy (non-hydrogen) atoms. The highest BCUT2D eigenvalue weighted by atomic mass is 35.5. The van der Waals surface area contributed by atoms with Crippen LogP contribution in [0.5, 0.6) is 0 Å². The van der Waals surface area contributed by atoms with Gasteiger partial charge in [0.25, 0.3) is 0 Å². The molecule has 2 aromatic rings. The van der Waals surface area contributed by atoms with E-state index in [1.54, 1.807) is 18.2 Å². The maximum absolute atomic E-state index is 13.2. The van der Waals surface area contributed by atoms with Gasteiger partial charge in [-0.3, -0.25) is 5.43 Å². The molecule has 0 spiro atoms. The van der Waals surface area contributed by atoms with E-state index in [-0.39, 0.29) is 11.0 Å².